The highest BCUT2D eigenvalue weighted by Gasteiger charge is 2.27. The molecule has 40 heavy (non-hydrogen) atoms. The van der Waals surface area contributed by atoms with E-state index in [2.05, 4.69) is 33.5 Å². The van der Waals surface area contributed by atoms with Crippen LogP contribution >= 0.6 is 0 Å². The Balaban J connectivity index is 1.31. The Kier molecular flexibility index (Phi) is 8.01. The molecular formula is C30H28F2N6O2. The summed E-state index contributed by atoms with van der Waals surface area (Å²) in [6.07, 6.45) is 5.52. The average Bonchev–Trinajstić information content (AvgIpc) is 3.35. The first kappa shape index (κ1) is 26.8. The third kappa shape index (κ3) is 5.94. The highest BCUT2D eigenvalue weighted by Crippen LogP contribution is 2.28. The molecule has 0 radical (unpaired) electrons. The van der Waals surface area contributed by atoms with Gasteiger partial charge in [-0.15, -0.1) is 0 Å². The first-order valence-corrected chi connectivity index (χ1v) is 13.0. The molecule has 0 spiro atoms. The summed E-state index contributed by atoms with van der Waals surface area (Å²) >= 11 is 0. The van der Waals surface area contributed by atoms with E-state index in [1.54, 1.807) is 27.8 Å². The van der Waals surface area contributed by atoms with E-state index in [1.807, 2.05) is 6.07 Å². The molecule has 0 bridgehead atoms. The molecule has 2 N–H and O–H groups in total. The number of amides is 1. The summed E-state index contributed by atoms with van der Waals surface area (Å²) < 4.78 is 35.2. The molecule has 2 aromatic heterocycles. The van der Waals surface area contributed by atoms with Gasteiger partial charge in [-0.3, -0.25) is 4.79 Å². The Morgan fingerprint density at radius 3 is 2.80 bits per heavy atom. The average molecular weight is 543 g/mol. The van der Waals surface area contributed by atoms with Crippen molar-refractivity contribution in [2.75, 3.05) is 25.4 Å². The number of aryl methyl sites for hydroxylation is 2. The highest BCUT2D eigenvalue weighted by molar-refractivity contribution is 5.90. The summed E-state index contributed by atoms with van der Waals surface area (Å²) in [4.78, 5) is 22.4. The minimum Gasteiger partial charge on any atom is -0.478 e. The molecular weight excluding hydrogens is 514 g/mol. The van der Waals surface area contributed by atoms with Crippen molar-refractivity contribution in [1.82, 2.24) is 24.6 Å². The van der Waals surface area contributed by atoms with Crippen molar-refractivity contribution in [3.05, 3.63) is 89.9 Å². The van der Waals surface area contributed by atoms with Gasteiger partial charge in [0.15, 0.2) is 17.2 Å². The third-order valence-electron chi connectivity index (χ3n) is 6.84. The maximum Gasteiger partial charge on any atom is 0.246 e. The van der Waals surface area contributed by atoms with E-state index in [1.165, 1.54) is 30.6 Å². The van der Waals surface area contributed by atoms with E-state index in [0.717, 1.165) is 24.0 Å². The van der Waals surface area contributed by atoms with E-state index >= 15 is 0 Å². The molecule has 1 saturated heterocycles. The van der Waals surface area contributed by atoms with Crippen LogP contribution in [0.1, 0.15) is 35.7 Å². The molecule has 3 heterocycles. The largest absolute Gasteiger partial charge is 0.478 e. The van der Waals surface area contributed by atoms with Gasteiger partial charge in [-0.2, -0.15) is 5.10 Å². The number of benzene rings is 2. The standard InChI is InChI=1S/C30H28F2N6O2/c1-2-27(39)37-14-4-8-23(18-37)38-30-28(29(33)34-19-35-30)25(36-38)9-5-15-40-26-17-21(12-13-24(26)32)11-10-20-6-3-7-22(31)16-20/h2-3,6-7,12-13,16-17,19,23H,1,4,8,10-11,14-15,18H2,(H2,33,34,35)/t23-/m1/s1. The maximum atomic E-state index is 14.4. The van der Waals surface area contributed by atoms with Crippen LogP contribution in [-0.4, -0.2) is 50.3 Å². The number of halogens is 2. The number of fused-ring (bicyclic) bond motifs is 1. The van der Waals surface area contributed by atoms with Gasteiger partial charge >= 0.3 is 0 Å². The van der Waals surface area contributed by atoms with E-state index in [-0.39, 0.29) is 35.9 Å². The highest BCUT2D eigenvalue weighted by atomic mass is 19.1. The lowest BCUT2D eigenvalue weighted by molar-refractivity contribution is -0.127. The van der Waals surface area contributed by atoms with Crippen molar-refractivity contribution in [3.63, 3.8) is 0 Å². The predicted molar refractivity (Wildman–Crippen MR) is 147 cm³/mol. The summed E-state index contributed by atoms with van der Waals surface area (Å²) in [6.45, 7) is 4.62. The molecule has 0 saturated carbocycles. The summed E-state index contributed by atoms with van der Waals surface area (Å²) in [5.74, 6) is 5.27. The molecule has 1 aliphatic heterocycles. The van der Waals surface area contributed by atoms with Gasteiger partial charge in [0.25, 0.3) is 0 Å². The zero-order chi connectivity index (χ0) is 28.1. The van der Waals surface area contributed by atoms with Crippen LogP contribution in [0.15, 0.2) is 61.4 Å². The molecule has 1 atom stereocenters. The summed E-state index contributed by atoms with van der Waals surface area (Å²) in [7, 11) is 0. The number of carbonyl (C=O) groups is 1. The van der Waals surface area contributed by atoms with Crippen molar-refractivity contribution >= 4 is 22.8 Å². The molecule has 8 nitrogen and oxygen atoms in total. The van der Waals surface area contributed by atoms with Crippen LogP contribution < -0.4 is 10.5 Å². The zero-order valence-electron chi connectivity index (χ0n) is 21.8. The van der Waals surface area contributed by atoms with Crippen molar-refractivity contribution in [3.8, 4) is 17.6 Å². The molecule has 204 valence electrons. The normalized spacial score (nSPS) is 14.9. The second-order valence-corrected chi connectivity index (χ2v) is 9.52. The van der Waals surface area contributed by atoms with Crippen LogP contribution in [0.3, 0.4) is 0 Å². The van der Waals surface area contributed by atoms with Crippen LogP contribution in [0.4, 0.5) is 14.6 Å². The number of hydrogen-bond acceptors (Lipinski definition) is 6. The fourth-order valence-corrected chi connectivity index (χ4v) is 4.85. The monoisotopic (exact) mass is 542 g/mol. The van der Waals surface area contributed by atoms with Crippen LogP contribution in [0.25, 0.3) is 11.0 Å². The molecule has 5 rings (SSSR count). The van der Waals surface area contributed by atoms with Gasteiger partial charge in [-0.1, -0.05) is 30.7 Å². The predicted octanol–water partition coefficient (Wildman–Crippen LogP) is 4.25. The Hall–Kier alpha value is -4.78. The SMILES string of the molecule is C=CC(=O)N1CCC[C@@H](n2nc(C#CCOc3cc(CCc4cccc(F)c4)ccc3F)c3c(N)ncnc32)C1. The quantitative estimate of drug-likeness (QED) is 0.277. The van der Waals surface area contributed by atoms with Crippen molar-refractivity contribution in [2.45, 2.75) is 31.7 Å². The van der Waals surface area contributed by atoms with E-state index < -0.39 is 5.82 Å². The molecule has 10 heteroatoms. The van der Waals surface area contributed by atoms with Crippen molar-refractivity contribution < 1.29 is 18.3 Å². The topological polar surface area (TPSA) is 99.2 Å². The Morgan fingerprint density at radius 1 is 1.18 bits per heavy atom. The third-order valence-corrected chi connectivity index (χ3v) is 6.84. The number of hydrogen-bond donors (Lipinski definition) is 1. The minimum absolute atomic E-state index is 0.0819. The van der Waals surface area contributed by atoms with Gasteiger partial charge in [0.1, 0.15) is 30.3 Å². The van der Waals surface area contributed by atoms with Crippen LogP contribution in [0.2, 0.25) is 0 Å². The fraction of sp³-hybridized carbons (Fsp3) is 0.267. The van der Waals surface area contributed by atoms with Crippen LogP contribution in [-0.2, 0) is 17.6 Å². The lowest BCUT2D eigenvalue weighted by atomic mass is 10.0. The molecule has 1 aliphatic rings. The van der Waals surface area contributed by atoms with Crippen molar-refractivity contribution in [1.29, 1.82) is 0 Å². The molecule has 0 unspecified atom stereocenters. The Bertz CT molecular complexity index is 1620. The number of carbonyl (C=O) groups excluding carboxylic acids is 1. The lowest BCUT2D eigenvalue weighted by Crippen LogP contribution is -2.40. The molecule has 0 aliphatic carbocycles. The number of nitrogens with two attached hydrogens (primary N) is 1. The number of nitrogens with zero attached hydrogens (tertiary/aromatic N) is 5. The van der Waals surface area contributed by atoms with E-state index in [4.69, 9.17) is 10.5 Å². The second-order valence-electron chi connectivity index (χ2n) is 9.52. The maximum absolute atomic E-state index is 14.4. The summed E-state index contributed by atoms with van der Waals surface area (Å²) in [5.41, 5.74) is 8.80. The van der Waals surface area contributed by atoms with Gasteiger partial charge in [0.05, 0.1) is 11.4 Å². The van der Waals surface area contributed by atoms with Crippen LogP contribution in [0.5, 0.6) is 5.75 Å². The van der Waals surface area contributed by atoms with Gasteiger partial charge in [-0.25, -0.2) is 23.4 Å². The molecule has 4 aromatic rings. The number of ether oxygens (including phenoxy) is 1. The number of nitrogen functional groups attached to an aromatic ring is 1. The molecule has 1 fully saturated rings. The number of rotatable bonds is 7. The van der Waals surface area contributed by atoms with Gasteiger partial charge in [0.2, 0.25) is 5.91 Å². The van der Waals surface area contributed by atoms with Gasteiger partial charge < -0.3 is 15.4 Å². The number of aromatic nitrogens is 4. The minimum atomic E-state index is -0.500. The first-order chi connectivity index (χ1) is 19.4. The van der Waals surface area contributed by atoms with Crippen molar-refractivity contribution in [2.24, 2.45) is 0 Å². The zero-order valence-corrected chi connectivity index (χ0v) is 21.8. The summed E-state index contributed by atoms with van der Waals surface area (Å²) in [6, 6.07) is 11.0. The number of anilines is 1. The lowest BCUT2D eigenvalue weighted by Gasteiger charge is -2.32. The first-order valence-electron chi connectivity index (χ1n) is 13.0. The Labute approximate surface area is 230 Å². The fourth-order valence-electron chi connectivity index (χ4n) is 4.85. The smallest absolute Gasteiger partial charge is 0.246 e. The van der Waals surface area contributed by atoms with E-state index in [0.29, 0.717) is 42.7 Å². The van der Waals surface area contributed by atoms with Gasteiger partial charge in [-0.05, 0) is 73.1 Å². The molecule has 2 aromatic carbocycles. The number of likely N-dealkylation sites (tertiary alicyclic amines) is 1. The van der Waals surface area contributed by atoms with Gasteiger partial charge in [0, 0.05) is 13.1 Å². The Morgan fingerprint density at radius 2 is 2.00 bits per heavy atom. The number of piperidine rings is 1. The molecule has 1 amide bonds. The summed E-state index contributed by atoms with van der Waals surface area (Å²) in [5, 5.41) is 5.19. The second kappa shape index (κ2) is 11.9. The van der Waals surface area contributed by atoms with E-state index in [9.17, 15) is 13.6 Å². The van der Waals surface area contributed by atoms with Crippen LogP contribution in [0, 0.1) is 23.5 Å².